The zero-order valence-electron chi connectivity index (χ0n) is 14.1. The maximum absolute atomic E-state index is 8.66. The highest BCUT2D eigenvalue weighted by molar-refractivity contribution is 5.07. The average molecular weight is 316 g/mol. The lowest BCUT2D eigenvalue weighted by Crippen LogP contribution is -2.53. The summed E-state index contributed by atoms with van der Waals surface area (Å²) in [7, 11) is 0. The van der Waals surface area contributed by atoms with Gasteiger partial charge in [-0.3, -0.25) is 0 Å². The summed E-state index contributed by atoms with van der Waals surface area (Å²) in [4.78, 5) is 0. The zero-order chi connectivity index (χ0) is 16.2. The highest BCUT2D eigenvalue weighted by Gasteiger charge is 2.57. The molecule has 4 aliphatic carbocycles. The first-order valence-electron chi connectivity index (χ1n) is 9.09. The van der Waals surface area contributed by atoms with E-state index in [9.17, 15) is 0 Å². The molecule has 4 nitrogen and oxygen atoms in total. The van der Waals surface area contributed by atoms with E-state index in [4.69, 9.17) is 20.0 Å². The van der Waals surface area contributed by atoms with E-state index in [0.29, 0.717) is 36.9 Å². The molecular weight excluding hydrogens is 288 g/mol. The maximum atomic E-state index is 8.66. The fourth-order valence-corrected chi connectivity index (χ4v) is 6.03. The summed E-state index contributed by atoms with van der Waals surface area (Å²) >= 11 is 0. The molecule has 0 aromatic heterocycles. The fraction of sp³-hybridized carbons (Fsp3) is 0.895. The predicted molar refractivity (Wildman–Crippen MR) is 86.3 cm³/mol. The lowest BCUT2D eigenvalue weighted by molar-refractivity contribution is -0.146. The molecule has 0 radical (unpaired) electrons. The summed E-state index contributed by atoms with van der Waals surface area (Å²) in [6, 6.07) is 4.30. The van der Waals surface area contributed by atoms with Crippen molar-refractivity contribution in [1.82, 2.24) is 0 Å². The van der Waals surface area contributed by atoms with Crippen LogP contribution in [0, 0.1) is 45.3 Å². The predicted octanol–water partition coefficient (Wildman–Crippen LogP) is 3.82. The van der Waals surface area contributed by atoms with Gasteiger partial charge in [-0.05, 0) is 67.6 Å². The van der Waals surface area contributed by atoms with Crippen molar-refractivity contribution in [2.24, 2.45) is 22.7 Å². The molecule has 23 heavy (non-hydrogen) atoms. The summed E-state index contributed by atoms with van der Waals surface area (Å²) in [6.45, 7) is 2.80. The van der Waals surface area contributed by atoms with Crippen molar-refractivity contribution in [3.63, 3.8) is 0 Å². The Morgan fingerprint density at radius 2 is 1.43 bits per heavy atom. The fourth-order valence-electron chi connectivity index (χ4n) is 6.03. The minimum atomic E-state index is 0.367. The Morgan fingerprint density at radius 3 is 2.09 bits per heavy atom. The second kappa shape index (κ2) is 7.20. The molecule has 0 N–H and O–H groups in total. The Kier molecular flexibility index (Phi) is 5.24. The Hall–Kier alpha value is -1.10. The summed E-state index contributed by atoms with van der Waals surface area (Å²) in [5.41, 5.74) is 0.821. The number of hydrogen-bond donors (Lipinski definition) is 0. The normalized spacial score (nSPS) is 37.5. The number of rotatable bonds is 9. The zero-order valence-corrected chi connectivity index (χ0v) is 14.1. The van der Waals surface area contributed by atoms with Gasteiger partial charge in [-0.2, -0.15) is 10.5 Å². The number of hydrogen-bond acceptors (Lipinski definition) is 4. The molecule has 4 heteroatoms. The Balaban J connectivity index is 1.55. The Bertz CT molecular complexity index is 477. The smallest absolute Gasteiger partial charge is 0.0645 e. The number of nitriles is 2. The molecule has 0 aromatic rings. The third-order valence-corrected chi connectivity index (χ3v) is 6.20. The number of ether oxygens (including phenoxy) is 2. The summed E-state index contributed by atoms with van der Waals surface area (Å²) < 4.78 is 11.5. The molecule has 4 aliphatic rings. The van der Waals surface area contributed by atoms with Gasteiger partial charge >= 0.3 is 0 Å². The van der Waals surface area contributed by atoms with Gasteiger partial charge in [-0.15, -0.1) is 0 Å². The van der Waals surface area contributed by atoms with Gasteiger partial charge in [0.2, 0.25) is 0 Å². The summed E-state index contributed by atoms with van der Waals surface area (Å²) in [6.07, 6.45) is 10.2. The molecule has 0 spiro atoms. The first kappa shape index (κ1) is 16.7. The van der Waals surface area contributed by atoms with Crippen LogP contribution in [0.4, 0.5) is 0 Å². The quantitative estimate of drug-likeness (QED) is 0.606. The molecule has 0 amide bonds. The largest absolute Gasteiger partial charge is 0.380 e. The minimum absolute atomic E-state index is 0.367. The summed E-state index contributed by atoms with van der Waals surface area (Å²) in [5.74, 6) is 1.74. The first-order valence-corrected chi connectivity index (χ1v) is 9.09. The van der Waals surface area contributed by atoms with Gasteiger partial charge in [-0.25, -0.2) is 0 Å². The molecule has 0 heterocycles. The SMILES string of the molecule is N#CCCOCCC12C[C@@H]3C[C@@H](C1)CC(COCCC#N)(C3)C2. The van der Waals surface area contributed by atoms with E-state index in [1.807, 2.05) is 0 Å². The molecule has 0 unspecified atom stereocenters. The van der Waals surface area contributed by atoms with Gasteiger partial charge in [0, 0.05) is 6.61 Å². The molecular formula is C19H28N2O2. The van der Waals surface area contributed by atoms with Crippen LogP contribution >= 0.6 is 0 Å². The van der Waals surface area contributed by atoms with Crippen LogP contribution in [0.1, 0.15) is 57.8 Å². The van der Waals surface area contributed by atoms with E-state index >= 15 is 0 Å². The standard InChI is InChI=1S/C19H28N2O2/c20-4-1-6-22-8-3-18-10-16-9-17(11-18)13-19(12-16,14-18)15-23-7-2-5-21/h16-17H,1-3,6-15H2/t16-,17-,18?,19?/m0/s1. The molecule has 0 aromatic carbocycles. The van der Waals surface area contributed by atoms with Gasteiger partial charge in [-0.1, -0.05) is 0 Å². The van der Waals surface area contributed by atoms with E-state index in [0.717, 1.165) is 31.5 Å². The monoisotopic (exact) mass is 316 g/mol. The molecule has 0 saturated heterocycles. The minimum Gasteiger partial charge on any atom is -0.380 e. The molecule has 2 atom stereocenters. The van der Waals surface area contributed by atoms with Crippen molar-refractivity contribution in [3.8, 4) is 12.1 Å². The third-order valence-electron chi connectivity index (χ3n) is 6.20. The van der Waals surface area contributed by atoms with Gasteiger partial charge in [0.15, 0.2) is 0 Å². The van der Waals surface area contributed by atoms with Gasteiger partial charge in [0.25, 0.3) is 0 Å². The van der Waals surface area contributed by atoms with Crippen molar-refractivity contribution < 1.29 is 9.47 Å². The van der Waals surface area contributed by atoms with E-state index in [1.165, 1.54) is 38.5 Å². The molecule has 126 valence electrons. The highest BCUT2D eigenvalue weighted by Crippen LogP contribution is 2.66. The van der Waals surface area contributed by atoms with Crippen LogP contribution in [0.3, 0.4) is 0 Å². The van der Waals surface area contributed by atoms with Crippen LogP contribution in [0.15, 0.2) is 0 Å². The second-order valence-electron chi connectivity index (χ2n) is 8.19. The summed E-state index contributed by atoms with van der Waals surface area (Å²) in [5, 5.41) is 17.2. The van der Waals surface area contributed by atoms with Crippen molar-refractivity contribution in [3.05, 3.63) is 0 Å². The second-order valence-corrected chi connectivity index (χ2v) is 8.19. The van der Waals surface area contributed by atoms with Crippen LogP contribution in [0.5, 0.6) is 0 Å². The third kappa shape index (κ3) is 3.87. The van der Waals surface area contributed by atoms with Crippen molar-refractivity contribution in [2.45, 2.75) is 57.8 Å². The van der Waals surface area contributed by atoms with Crippen molar-refractivity contribution in [2.75, 3.05) is 26.4 Å². The molecule has 4 fully saturated rings. The van der Waals surface area contributed by atoms with Crippen LogP contribution in [0.25, 0.3) is 0 Å². The van der Waals surface area contributed by atoms with E-state index in [1.54, 1.807) is 0 Å². The molecule has 4 rings (SSSR count). The lowest BCUT2D eigenvalue weighted by Gasteiger charge is -2.62. The maximum Gasteiger partial charge on any atom is 0.0645 e. The lowest BCUT2D eigenvalue weighted by atomic mass is 9.44. The van der Waals surface area contributed by atoms with Crippen molar-refractivity contribution in [1.29, 1.82) is 10.5 Å². The first-order chi connectivity index (χ1) is 11.2. The Labute approximate surface area is 139 Å². The molecule has 0 aliphatic heterocycles. The highest BCUT2D eigenvalue weighted by atomic mass is 16.5. The van der Waals surface area contributed by atoms with E-state index in [2.05, 4.69) is 12.1 Å². The Morgan fingerprint density at radius 1 is 0.826 bits per heavy atom. The average Bonchev–Trinajstić information content (AvgIpc) is 2.50. The van der Waals surface area contributed by atoms with Crippen LogP contribution in [-0.4, -0.2) is 26.4 Å². The van der Waals surface area contributed by atoms with Crippen LogP contribution in [0.2, 0.25) is 0 Å². The number of nitrogens with zero attached hydrogens (tertiary/aromatic N) is 2. The topological polar surface area (TPSA) is 66.0 Å². The van der Waals surface area contributed by atoms with Gasteiger partial charge in [0.1, 0.15) is 0 Å². The molecule has 4 bridgehead atoms. The van der Waals surface area contributed by atoms with Gasteiger partial charge in [0.05, 0.1) is 44.8 Å². The van der Waals surface area contributed by atoms with E-state index in [-0.39, 0.29) is 0 Å². The van der Waals surface area contributed by atoms with Crippen molar-refractivity contribution >= 4 is 0 Å². The molecule has 4 saturated carbocycles. The van der Waals surface area contributed by atoms with Crippen LogP contribution < -0.4 is 0 Å². The van der Waals surface area contributed by atoms with Crippen LogP contribution in [-0.2, 0) is 9.47 Å². The van der Waals surface area contributed by atoms with E-state index < -0.39 is 0 Å². The van der Waals surface area contributed by atoms with Gasteiger partial charge < -0.3 is 9.47 Å².